The lowest BCUT2D eigenvalue weighted by Gasteiger charge is -2.45. The molecule has 2 aromatic carbocycles. The van der Waals surface area contributed by atoms with Gasteiger partial charge < -0.3 is 16.6 Å². The number of aliphatic hydroxyl groups excluding tert-OH is 1. The van der Waals surface area contributed by atoms with E-state index >= 15 is 0 Å². The number of aliphatic hydroxyl groups is 1. The molecule has 0 saturated heterocycles. The summed E-state index contributed by atoms with van der Waals surface area (Å²) in [5.41, 5.74) is 11.0. The van der Waals surface area contributed by atoms with Crippen molar-refractivity contribution in [2.24, 2.45) is 34.1 Å². The lowest BCUT2D eigenvalue weighted by atomic mass is 9.58. The molecular formula is C42H42F2N10O. The highest BCUT2D eigenvalue weighted by Crippen LogP contribution is 2.56. The second-order valence-corrected chi connectivity index (χ2v) is 13.4. The van der Waals surface area contributed by atoms with Crippen molar-refractivity contribution in [1.29, 1.82) is 31.6 Å². The second kappa shape index (κ2) is 17.7. The van der Waals surface area contributed by atoms with E-state index in [4.69, 9.17) is 16.6 Å². The number of nitrogens with two attached hydrogens (primary N) is 2. The van der Waals surface area contributed by atoms with Crippen molar-refractivity contribution < 1.29 is 13.9 Å². The summed E-state index contributed by atoms with van der Waals surface area (Å²) in [5, 5.41) is 66.5. The van der Waals surface area contributed by atoms with Gasteiger partial charge in [-0.2, -0.15) is 31.6 Å². The smallest absolute Gasteiger partial charge is 0.191 e. The first-order chi connectivity index (χ1) is 26.5. The summed E-state index contributed by atoms with van der Waals surface area (Å²) in [4.78, 5) is 4.27. The zero-order valence-corrected chi connectivity index (χ0v) is 31.0. The lowest BCUT2D eigenvalue weighted by molar-refractivity contribution is 0.212. The third-order valence-corrected chi connectivity index (χ3v) is 10.9. The Morgan fingerprint density at radius 3 is 1.25 bits per heavy atom. The number of nitrogens with zero attached hydrogens (tertiary/aromatic N) is 8. The van der Waals surface area contributed by atoms with Gasteiger partial charge in [-0.05, 0) is 54.4 Å². The van der Waals surface area contributed by atoms with Crippen LogP contribution in [0.15, 0.2) is 94.4 Å². The van der Waals surface area contributed by atoms with Gasteiger partial charge >= 0.3 is 0 Å². The van der Waals surface area contributed by atoms with Crippen LogP contribution in [-0.2, 0) is 0 Å². The molecule has 4 aliphatic rings. The van der Waals surface area contributed by atoms with Crippen molar-refractivity contribution in [2.75, 3.05) is 45.9 Å². The Kier molecular flexibility index (Phi) is 13.3. The van der Waals surface area contributed by atoms with Crippen LogP contribution in [0.3, 0.4) is 0 Å². The molecule has 0 bridgehead atoms. The highest BCUT2D eigenvalue weighted by molar-refractivity contribution is 5.61. The summed E-state index contributed by atoms with van der Waals surface area (Å²) in [5.74, 6) is -3.24. The number of halogens is 2. The molecule has 0 amide bonds. The molecule has 4 atom stereocenters. The van der Waals surface area contributed by atoms with Crippen LogP contribution in [0.2, 0.25) is 0 Å². The number of benzene rings is 2. The maximum Gasteiger partial charge on any atom is 0.191 e. The monoisotopic (exact) mass is 740 g/mol. The largest absolute Gasteiger partial charge is 0.399 e. The number of fused-ring (bicyclic) bond motifs is 2. The summed E-state index contributed by atoms with van der Waals surface area (Å²) >= 11 is 0. The molecule has 2 aromatic rings. The quantitative estimate of drug-likeness (QED) is 0.372. The number of hydrogen-bond donors (Lipinski definition) is 3. The Balaban J connectivity index is 0.000000228. The van der Waals surface area contributed by atoms with E-state index in [1.165, 1.54) is 12.1 Å². The van der Waals surface area contributed by atoms with Gasteiger partial charge in [0.05, 0.1) is 46.8 Å². The Morgan fingerprint density at radius 2 is 0.982 bits per heavy atom. The van der Waals surface area contributed by atoms with Crippen molar-refractivity contribution in [3.05, 3.63) is 117 Å². The third kappa shape index (κ3) is 7.18. The topological polar surface area (TPSA) is 221 Å². The van der Waals surface area contributed by atoms with Crippen LogP contribution in [0.1, 0.15) is 43.7 Å². The van der Waals surface area contributed by atoms with E-state index in [9.17, 15) is 40.4 Å². The minimum absolute atomic E-state index is 0.0781. The fourth-order valence-electron chi connectivity index (χ4n) is 8.14. The molecule has 2 heterocycles. The van der Waals surface area contributed by atoms with Gasteiger partial charge in [-0.1, -0.05) is 62.4 Å². The molecule has 2 aliphatic heterocycles. The van der Waals surface area contributed by atoms with Crippen LogP contribution in [0.25, 0.3) is 0 Å². The Hall–Kier alpha value is -6.32. The van der Waals surface area contributed by atoms with Crippen molar-refractivity contribution in [2.45, 2.75) is 32.6 Å². The van der Waals surface area contributed by atoms with Crippen LogP contribution in [-0.4, -0.2) is 60.8 Å². The summed E-state index contributed by atoms with van der Waals surface area (Å²) in [6.45, 7) is 9.87. The predicted molar refractivity (Wildman–Crippen MR) is 199 cm³/mol. The fraction of sp³-hybridized carbons (Fsp3) is 0.381. The molecule has 280 valence electrons. The zero-order chi connectivity index (χ0) is 40.5. The minimum Gasteiger partial charge on any atom is -0.399 e. The lowest BCUT2D eigenvalue weighted by Crippen LogP contribution is -2.48. The van der Waals surface area contributed by atoms with Crippen LogP contribution in [0, 0.1) is 102 Å². The molecule has 0 saturated carbocycles. The van der Waals surface area contributed by atoms with Gasteiger partial charge in [-0.25, -0.2) is 8.78 Å². The van der Waals surface area contributed by atoms with Crippen molar-refractivity contribution in [1.82, 2.24) is 9.80 Å². The van der Waals surface area contributed by atoms with Gasteiger partial charge in [-0.15, -0.1) is 0 Å². The van der Waals surface area contributed by atoms with E-state index in [1.54, 1.807) is 43.3 Å². The highest BCUT2D eigenvalue weighted by Gasteiger charge is 2.56. The Morgan fingerprint density at radius 1 is 0.655 bits per heavy atom. The maximum absolute atomic E-state index is 14.7. The van der Waals surface area contributed by atoms with Gasteiger partial charge in [0.2, 0.25) is 0 Å². The molecule has 11 nitrogen and oxygen atoms in total. The first-order valence-corrected chi connectivity index (χ1v) is 17.9. The minimum atomic E-state index is -1.79. The molecule has 0 aromatic heterocycles. The average Bonchev–Trinajstić information content (AvgIpc) is 3.21. The molecule has 0 spiro atoms. The standard InChI is InChI=1S/2C20H18FN5.C2H6O/c2*1-2-26-8-7-13-15(9-22)19(25)20(11-23,12-24)18(16(13)10-26)14-5-3-4-6-17(14)21;1-2-3/h2*3-7,16,18H,2,8,10,25H2,1H3;3H,2H2,1H3. The van der Waals surface area contributed by atoms with Gasteiger partial charge in [0.1, 0.15) is 23.8 Å². The van der Waals surface area contributed by atoms with Crippen LogP contribution < -0.4 is 11.5 Å². The van der Waals surface area contributed by atoms with Gasteiger partial charge in [0.25, 0.3) is 0 Å². The summed E-state index contributed by atoms with van der Waals surface area (Å²) < 4.78 is 29.3. The molecule has 6 rings (SSSR count). The van der Waals surface area contributed by atoms with E-state index < -0.39 is 34.3 Å². The van der Waals surface area contributed by atoms with Crippen LogP contribution in [0.5, 0.6) is 0 Å². The van der Waals surface area contributed by atoms with Crippen molar-refractivity contribution in [3.63, 3.8) is 0 Å². The number of nitriles is 6. The van der Waals surface area contributed by atoms with Crippen molar-refractivity contribution in [3.8, 4) is 36.4 Å². The second-order valence-electron chi connectivity index (χ2n) is 13.4. The summed E-state index contributed by atoms with van der Waals surface area (Å²) in [6, 6.07) is 24.5. The number of allylic oxidation sites excluding steroid dienone is 4. The SMILES string of the molecule is CCN1CC=C2C(C#N)=C(N)C(C#N)(C#N)C(c3ccccc3F)C2C1.CCN1CC=C2C(C#N)=C(N)C(C#N)(C#N)C(c3ccccc3F)C2C1.CCO. The number of rotatable bonds is 4. The summed E-state index contributed by atoms with van der Waals surface area (Å²) in [6.07, 6.45) is 3.82. The number of hydrogen-bond acceptors (Lipinski definition) is 11. The normalized spacial score (nSPS) is 23.6. The van der Waals surface area contributed by atoms with Gasteiger partial charge in [0.15, 0.2) is 10.8 Å². The molecule has 0 radical (unpaired) electrons. The maximum atomic E-state index is 14.7. The predicted octanol–water partition coefficient (Wildman–Crippen LogP) is 5.14. The molecular weight excluding hydrogens is 699 g/mol. The van der Waals surface area contributed by atoms with Crippen LogP contribution >= 0.6 is 0 Å². The molecule has 4 unspecified atom stereocenters. The first kappa shape index (κ1) is 41.4. The van der Waals surface area contributed by atoms with E-state index in [-0.39, 0.29) is 52.1 Å². The van der Waals surface area contributed by atoms with E-state index in [0.29, 0.717) is 37.3 Å². The van der Waals surface area contributed by atoms with Crippen molar-refractivity contribution >= 4 is 0 Å². The Labute approximate surface area is 320 Å². The third-order valence-electron chi connectivity index (χ3n) is 10.9. The zero-order valence-electron chi connectivity index (χ0n) is 31.0. The van der Waals surface area contributed by atoms with Gasteiger partial charge in [-0.3, -0.25) is 9.80 Å². The molecule has 5 N–H and O–H groups in total. The summed E-state index contributed by atoms with van der Waals surface area (Å²) in [7, 11) is 0. The van der Waals surface area contributed by atoms with Crippen LogP contribution in [0.4, 0.5) is 8.78 Å². The molecule has 55 heavy (non-hydrogen) atoms. The molecule has 2 aliphatic carbocycles. The fourth-order valence-corrected chi connectivity index (χ4v) is 8.14. The highest BCUT2D eigenvalue weighted by atomic mass is 19.1. The van der Waals surface area contributed by atoms with E-state index in [2.05, 4.69) is 21.9 Å². The first-order valence-electron chi connectivity index (χ1n) is 17.9. The van der Waals surface area contributed by atoms with E-state index in [0.717, 1.165) is 13.1 Å². The van der Waals surface area contributed by atoms with Gasteiger partial charge in [0, 0.05) is 56.5 Å². The number of likely N-dealkylation sites (N-methyl/N-ethyl adjacent to an activating group) is 2. The Bertz CT molecular complexity index is 2000. The molecule has 0 fully saturated rings. The molecule has 13 heteroatoms. The average molecular weight is 741 g/mol. The van der Waals surface area contributed by atoms with E-state index in [1.807, 2.05) is 50.3 Å².